The van der Waals surface area contributed by atoms with Crippen molar-refractivity contribution in [3.05, 3.63) is 24.0 Å². The van der Waals surface area contributed by atoms with Gasteiger partial charge in [-0.3, -0.25) is 0 Å². The van der Waals surface area contributed by atoms with Crippen molar-refractivity contribution < 1.29 is 28.0 Å². The van der Waals surface area contributed by atoms with Crippen molar-refractivity contribution in [2.24, 2.45) is 7.05 Å². The average Bonchev–Trinajstić information content (AvgIpc) is 2.01. The van der Waals surface area contributed by atoms with E-state index in [0.717, 1.165) is 0 Å². The van der Waals surface area contributed by atoms with E-state index in [9.17, 15) is 13.6 Å². The maximum atomic E-state index is 11.8. The molecule has 0 bridgehead atoms. The molecular weight excluding hydrogens is 196 g/mol. The molecule has 0 atom stereocenters. The number of ether oxygens (including phenoxy) is 1. The first-order valence-corrected chi connectivity index (χ1v) is 3.68. The van der Waals surface area contributed by atoms with Crippen molar-refractivity contribution in [1.29, 1.82) is 0 Å². The Morgan fingerprint density at radius 2 is 2.21 bits per heavy atom. The van der Waals surface area contributed by atoms with Crippen LogP contribution in [0.4, 0.5) is 8.78 Å². The standard InChI is InChI=1S/C8H7F2NO3/c1-11-4-5(14-8(9)10)2-3-6(11)7(12)13/h2-4,8H,1H3/p+1. The second-order valence-electron chi connectivity index (χ2n) is 2.54. The van der Waals surface area contributed by atoms with E-state index in [2.05, 4.69) is 4.74 Å². The number of pyridine rings is 1. The maximum Gasteiger partial charge on any atom is 0.401 e. The molecule has 0 aromatic carbocycles. The number of aryl methyl sites for hydroxylation is 1. The fourth-order valence-corrected chi connectivity index (χ4v) is 0.977. The van der Waals surface area contributed by atoms with Crippen molar-refractivity contribution >= 4 is 5.97 Å². The second-order valence-corrected chi connectivity index (χ2v) is 2.54. The Hall–Kier alpha value is -1.72. The van der Waals surface area contributed by atoms with E-state index in [4.69, 9.17) is 5.11 Å². The van der Waals surface area contributed by atoms with Crippen LogP contribution in [0.2, 0.25) is 0 Å². The van der Waals surface area contributed by atoms with E-state index in [0.29, 0.717) is 0 Å². The van der Waals surface area contributed by atoms with Crippen molar-refractivity contribution in [2.75, 3.05) is 0 Å². The van der Waals surface area contributed by atoms with Gasteiger partial charge in [-0.05, 0) is 6.07 Å². The third kappa shape index (κ3) is 2.38. The van der Waals surface area contributed by atoms with Crippen LogP contribution in [-0.4, -0.2) is 17.7 Å². The number of nitrogens with zero attached hydrogens (tertiary/aromatic N) is 1. The van der Waals surface area contributed by atoms with Gasteiger partial charge in [0.05, 0.1) is 0 Å². The molecule has 0 aliphatic carbocycles. The van der Waals surface area contributed by atoms with Crippen molar-refractivity contribution in [3.63, 3.8) is 0 Å². The van der Waals surface area contributed by atoms with Crippen LogP contribution in [0.3, 0.4) is 0 Å². The number of rotatable bonds is 3. The fraction of sp³-hybridized carbons (Fsp3) is 0.250. The number of aromatic carboxylic acids is 1. The first-order chi connectivity index (χ1) is 6.50. The van der Waals surface area contributed by atoms with Crippen LogP contribution in [0, 0.1) is 0 Å². The zero-order chi connectivity index (χ0) is 10.7. The fourth-order valence-electron chi connectivity index (χ4n) is 0.977. The van der Waals surface area contributed by atoms with E-state index in [1.54, 1.807) is 0 Å². The highest BCUT2D eigenvalue weighted by molar-refractivity contribution is 5.83. The predicted molar refractivity (Wildman–Crippen MR) is 41.2 cm³/mol. The van der Waals surface area contributed by atoms with Gasteiger partial charge >= 0.3 is 12.6 Å². The first kappa shape index (κ1) is 10.4. The smallest absolute Gasteiger partial charge is 0.401 e. The molecule has 1 N–H and O–H groups in total. The van der Waals surface area contributed by atoms with E-state index < -0.39 is 12.6 Å². The lowest BCUT2D eigenvalue weighted by Crippen LogP contribution is -2.35. The lowest BCUT2D eigenvalue weighted by atomic mass is 10.3. The summed E-state index contributed by atoms with van der Waals surface area (Å²) in [5.41, 5.74) is -0.00776. The van der Waals surface area contributed by atoms with Gasteiger partial charge in [0.2, 0.25) is 6.20 Å². The van der Waals surface area contributed by atoms with E-state index >= 15 is 0 Å². The molecule has 1 heterocycles. The lowest BCUT2D eigenvalue weighted by Gasteiger charge is -2.02. The number of carboxylic acids is 1. The van der Waals surface area contributed by atoms with Gasteiger partial charge in [0.25, 0.3) is 5.69 Å². The molecule has 0 saturated heterocycles. The molecule has 1 aromatic heterocycles. The highest BCUT2D eigenvalue weighted by Gasteiger charge is 2.17. The van der Waals surface area contributed by atoms with Crippen LogP contribution in [-0.2, 0) is 7.05 Å². The largest absolute Gasteiger partial charge is 0.473 e. The summed E-state index contributed by atoms with van der Waals surface area (Å²) < 4.78 is 28.8. The van der Waals surface area contributed by atoms with Gasteiger partial charge in [0.15, 0.2) is 5.75 Å². The number of aromatic nitrogens is 1. The quantitative estimate of drug-likeness (QED) is 0.741. The minimum Gasteiger partial charge on any atom is -0.473 e. The summed E-state index contributed by atoms with van der Waals surface area (Å²) in [7, 11) is 1.43. The third-order valence-electron chi connectivity index (χ3n) is 1.55. The molecule has 6 heteroatoms. The Morgan fingerprint density at radius 1 is 1.57 bits per heavy atom. The Morgan fingerprint density at radius 3 is 2.64 bits per heavy atom. The molecule has 0 saturated carbocycles. The van der Waals surface area contributed by atoms with Crippen LogP contribution in [0.5, 0.6) is 5.75 Å². The van der Waals surface area contributed by atoms with Gasteiger partial charge in [-0.25, -0.2) is 4.79 Å². The SMILES string of the molecule is C[n+]1cc(OC(F)F)ccc1C(=O)O. The summed E-state index contributed by atoms with van der Waals surface area (Å²) in [5, 5.41) is 8.63. The molecule has 0 amide bonds. The molecule has 0 unspecified atom stereocenters. The molecule has 0 fully saturated rings. The van der Waals surface area contributed by atoms with Crippen LogP contribution in [0.15, 0.2) is 18.3 Å². The molecule has 4 nitrogen and oxygen atoms in total. The monoisotopic (exact) mass is 204 g/mol. The van der Waals surface area contributed by atoms with E-state index in [1.807, 2.05) is 0 Å². The second kappa shape index (κ2) is 3.99. The highest BCUT2D eigenvalue weighted by Crippen LogP contribution is 2.10. The average molecular weight is 204 g/mol. The summed E-state index contributed by atoms with van der Waals surface area (Å²) in [6.45, 7) is -2.91. The van der Waals surface area contributed by atoms with Crippen molar-refractivity contribution in [2.45, 2.75) is 6.61 Å². The summed E-state index contributed by atoms with van der Waals surface area (Å²) in [6.07, 6.45) is 1.18. The number of alkyl halides is 2. The molecule has 0 aliphatic rings. The summed E-state index contributed by atoms with van der Waals surface area (Å²) in [6, 6.07) is 2.37. The minimum absolute atomic E-state index is 0.00776. The summed E-state index contributed by atoms with van der Waals surface area (Å²) in [4.78, 5) is 10.5. The Bertz CT molecular complexity index is 354. The lowest BCUT2D eigenvalue weighted by molar-refractivity contribution is -0.674. The number of carbonyl (C=O) groups is 1. The molecule has 1 rings (SSSR count). The maximum absolute atomic E-state index is 11.8. The number of carboxylic acid groups (broad SMARTS) is 1. The van der Waals surface area contributed by atoms with Gasteiger partial charge in [-0.15, -0.1) is 0 Å². The topological polar surface area (TPSA) is 50.4 Å². The number of halogens is 2. The normalized spacial score (nSPS) is 10.3. The molecule has 0 spiro atoms. The number of hydrogen-bond acceptors (Lipinski definition) is 2. The molecule has 0 aliphatic heterocycles. The Balaban J connectivity index is 2.94. The van der Waals surface area contributed by atoms with Gasteiger partial charge in [0.1, 0.15) is 7.05 Å². The van der Waals surface area contributed by atoms with Gasteiger partial charge in [-0.2, -0.15) is 13.3 Å². The van der Waals surface area contributed by atoms with Crippen molar-refractivity contribution in [1.82, 2.24) is 0 Å². The number of hydrogen-bond donors (Lipinski definition) is 1. The van der Waals surface area contributed by atoms with E-state index in [1.165, 1.54) is 29.9 Å². The van der Waals surface area contributed by atoms with Crippen LogP contribution >= 0.6 is 0 Å². The predicted octanol–water partition coefficient (Wildman–Crippen LogP) is 0.811. The van der Waals surface area contributed by atoms with Gasteiger partial charge in [0, 0.05) is 6.07 Å². The molecule has 1 aromatic rings. The van der Waals surface area contributed by atoms with Crippen LogP contribution in [0.25, 0.3) is 0 Å². The highest BCUT2D eigenvalue weighted by atomic mass is 19.3. The zero-order valence-electron chi connectivity index (χ0n) is 7.28. The third-order valence-corrected chi connectivity index (χ3v) is 1.55. The van der Waals surface area contributed by atoms with Crippen LogP contribution < -0.4 is 9.30 Å². The Labute approximate surface area is 78.4 Å². The van der Waals surface area contributed by atoms with Crippen molar-refractivity contribution in [3.8, 4) is 5.75 Å². The molecular formula is C8H8F2NO3+. The Kier molecular flexibility index (Phi) is 2.95. The van der Waals surface area contributed by atoms with Crippen LogP contribution in [0.1, 0.15) is 10.5 Å². The minimum atomic E-state index is -2.91. The zero-order valence-corrected chi connectivity index (χ0v) is 7.28. The molecule has 0 radical (unpaired) electrons. The molecule has 14 heavy (non-hydrogen) atoms. The van der Waals surface area contributed by atoms with E-state index in [-0.39, 0.29) is 11.4 Å². The summed E-state index contributed by atoms with van der Waals surface area (Å²) in [5.74, 6) is -1.21. The summed E-state index contributed by atoms with van der Waals surface area (Å²) >= 11 is 0. The first-order valence-electron chi connectivity index (χ1n) is 3.68. The van der Waals surface area contributed by atoms with Gasteiger partial charge in [-0.1, -0.05) is 0 Å². The molecule has 76 valence electrons. The van der Waals surface area contributed by atoms with Gasteiger partial charge < -0.3 is 9.84 Å².